The second kappa shape index (κ2) is 7.48. The van der Waals surface area contributed by atoms with Crippen molar-refractivity contribution < 1.29 is 9.53 Å². The highest BCUT2D eigenvalue weighted by molar-refractivity contribution is 9.10. The molecule has 0 saturated carbocycles. The number of hydrogen-bond donors (Lipinski definition) is 1. The number of ether oxygens (including phenoxy) is 1. The number of nitrogens with one attached hydrogen (secondary N) is 1. The second-order valence-electron chi connectivity index (χ2n) is 4.41. The summed E-state index contributed by atoms with van der Waals surface area (Å²) >= 11 is 9.45. The Morgan fingerprint density at radius 2 is 1.90 bits per heavy atom. The third-order valence-electron chi connectivity index (χ3n) is 2.90. The summed E-state index contributed by atoms with van der Waals surface area (Å²) in [5.41, 5.74) is 0.712. The first-order valence-electron chi connectivity index (χ1n) is 6.58. The van der Waals surface area contributed by atoms with Gasteiger partial charge >= 0.3 is 0 Å². The van der Waals surface area contributed by atoms with Crippen LogP contribution in [0.3, 0.4) is 0 Å². The average molecular weight is 369 g/mol. The Bertz CT molecular complexity index is 633. The molecule has 1 N–H and O–H groups in total. The van der Waals surface area contributed by atoms with Crippen LogP contribution in [-0.4, -0.2) is 12.0 Å². The van der Waals surface area contributed by atoms with Crippen LogP contribution in [0.4, 0.5) is 5.69 Å². The van der Waals surface area contributed by atoms with Gasteiger partial charge in [0.15, 0.2) is 6.10 Å². The van der Waals surface area contributed by atoms with E-state index in [2.05, 4.69) is 21.2 Å². The fourth-order valence-electron chi connectivity index (χ4n) is 1.79. The van der Waals surface area contributed by atoms with Crippen molar-refractivity contribution in [2.75, 3.05) is 5.32 Å². The topological polar surface area (TPSA) is 38.3 Å². The highest BCUT2D eigenvalue weighted by Gasteiger charge is 2.20. The molecule has 1 amide bonds. The van der Waals surface area contributed by atoms with E-state index in [-0.39, 0.29) is 5.91 Å². The third-order valence-corrected chi connectivity index (χ3v) is 3.90. The highest BCUT2D eigenvalue weighted by Crippen LogP contribution is 2.26. The van der Waals surface area contributed by atoms with Crippen molar-refractivity contribution in [2.24, 2.45) is 0 Å². The van der Waals surface area contributed by atoms with Gasteiger partial charge in [0.05, 0.1) is 10.7 Å². The molecule has 2 aromatic carbocycles. The van der Waals surface area contributed by atoms with E-state index in [1.807, 2.05) is 43.3 Å². The van der Waals surface area contributed by atoms with E-state index in [0.717, 1.165) is 4.47 Å². The van der Waals surface area contributed by atoms with Gasteiger partial charge in [-0.3, -0.25) is 4.79 Å². The van der Waals surface area contributed by atoms with Crippen LogP contribution in [0, 0.1) is 0 Å². The Labute approximate surface area is 137 Å². The number of carbonyl (C=O) groups excluding carboxylic acids is 1. The largest absolute Gasteiger partial charge is 0.479 e. The molecule has 0 heterocycles. The molecule has 0 saturated heterocycles. The zero-order chi connectivity index (χ0) is 15.2. The summed E-state index contributed by atoms with van der Waals surface area (Å²) in [6.07, 6.45) is -0.0568. The maximum atomic E-state index is 12.3. The van der Waals surface area contributed by atoms with Crippen molar-refractivity contribution in [3.8, 4) is 5.75 Å². The average Bonchev–Trinajstić information content (AvgIpc) is 2.48. The maximum Gasteiger partial charge on any atom is 0.265 e. The number of halogens is 2. The molecule has 0 fully saturated rings. The number of benzene rings is 2. The van der Waals surface area contributed by atoms with Crippen molar-refractivity contribution in [1.82, 2.24) is 0 Å². The molecule has 3 nitrogen and oxygen atoms in total. The summed E-state index contributed by atoms with van der Waals surface area (Å²) in [6.45, 7) is 1.89. The van der Waals surface area contributed by atoms with Gasteiger partial charge < -0.3 is 10.1 Å². The SMILES string of the molecule is CCC(Oc1ccccc1Cl)C(=O)Nc1ccccc1Br. The minimum Gasteiger partial charge on any atom is -0.479 e. The van der Waals surface area contributed by atoms with Crippen molar-refractivity contribution >= 4 is 39.1 Å². The number of rotatable bonds is 5. The Morgan fingerprint density at radius 3 is 2.57 bits per heavy atom. The summed E-state index contributed by atoms with van der Waals surface area (Å²) < 4.78 is 6.53. The predicted molar refractivity (Wildman–Crippen MR) is 88.9 cm³/mol. The van der Waals surface area contributed by atoms with Crippen LogP contribution in [-0.2, 0) is 4.79 Å². The molecular weight excluding hydrogens is 354 g/mol. The molecule has 1 atom stereocenters. The minimum absolute atomic E-state index is 0.204. The monoisotopic (exact) mass is 367 g/mol. The Hall–Kier alpha value is -1.52. The summed E-state index contributed by atoms with van der Waals surface area (Å²) in [5.74, 6) is 0.303. The normalized spacial score (nSPS) is 11.8. The van der Waals surface area contributed by atoms with E-state index in [1.165, 1.54) is 0 Å². The fraction of sp³-hybridized carbons (Fsp3) is 0.188. The van der Waals surface area contributed by atoms with Crippen molar-refractivity contribution in [2.45, 2.75) is 19.4 Å². The first-order valence-corrected chi connectivity index (χ1v) is 7.75. The van der Waals surface area contributed by atoms with Gasteiger partial charge in [0.1, 0.15) is 5.75 Å². The van der Waals surface area contributed by atoms with Crippen LogP contribution in [0.1, 0.15) is 13.3 Å². The Kier molecular flexibility index (Phi) is 5.65. The molecule has 110 valence electrons. The standard InChI is InChI=1S/C16H15BrClNO2/c1-2-14(21-15-10-6-4-8-12(15)18)16(20)19-13-9-5-3-7-11(13)17/h3-10,14H,2H2,1H3,(H,19,20). The lowest BCUT2D eigenvalue weighted by atomic mass is 10.2. The highest BCUT2D eigenvalue weighted by atomic mass is 79.9. The zero-order valence-corrected chi connectivity index (χ0v) is 13.8. The molecule has 0 aromatic heterocycles. The van der Waals surface area contributed by atoms with E-state index in [4.69, 9.17) is 16.3 Å². The van der Waals surface area contributed by atoms with Crippen LogP contribution in [0.2, 0.25) is 5.02 Å². The van der Waals surface area contributed by atoms with E-state index in [0.29, 0.717) is 22.9 Å². The lowest BCUT2D eigenvalue weighted by Gasteiger charge is -2.18. The molecule has 2 rings (SSSR count). The summed E-state index contributed by atoms with van der Waals surface area (Å²) in [6, 6.07) is 14.5. The van der Waals surface area contributed by atoms with E-state index >= 15 is 0 Å². The number of hydrogen-bond acceptors (Lipinski definition) is 2. The summed E-state index contributed by atoms with van der Waals surface area (Å²) in [5, 5.41) is 3.34. The van der Waals surface area contributed by atoms with Crippen molar-refractivity contribution in [3.05, 3.63) is 58.0 Å². The Morgan fingerprint density at radius 1 is 1.24 bits per heavy atom. The van der Waals surface area contributed by atoms with Gasteiger partial charge in [0.2, 0.25) is 0 Å². The first kappa shape index (κ1) is 15.9. The molecule has 0 aliphatic rings. The van der Waals surface area contributed by atoms with Gasteiger partial charge in [0, 0.05) is 4.47 Å². The van der Waals surface area contributed by atoms with Gasteiger partial charge in [-0.1, -0.05) is 42.8 Å². The van der Waals surface area contributed by atoms with Crippen LogP contribution >= 0.6 is 27.5 Å². The number of anilines is 1. The predicted octanol–water partition coefficient (Wildman–Crippen LogP) is 4.90. The molecule has 0 radical (unpaired) electrons. The first-order chi connectivity index (χ1) is 10.1. The van der Waals surface area contributed by atoms with Gasteiger partial charge in [-0.2, -0.15) is 0 Å². The second-order valence-corrected chi connectivity index (χ2v) is 5.68. The van der Waals surface area contributed by atoms with Crippen LogP contribution in [0.5, 0.6) is 5.75 Å². The quantitative estimate of drug-likeness (QED) is 0.815. The van der Waals surface area contributed by atoms with Gasteiger partial charge in [-0.25, -0.2) is 0 Å². The number of amides is 1. The van der Waals surface area contributed by atoms with Gasteiger partial charge in [-0.05, 0) is 46.6 Å². The zero-order valence-electron chi connectivity index (χ0n) is 11.5. The van der Waals surface area contributed by atoms with E-state index < -0.39 is 6.10 Å². The molecule has 0 aliphatic carbocycles. The molecular formula is C16H15BrClNO2. The molecule has 5 heteroatoms. The lowest BCUT2D eigenvalue weighted by molar-refractivity contribution is -0.122. The molecule has 21 heavy (non-hydrogen) atoms. The molecule has 0 spiro atoms. The lowest BCUT2D eigenvalue weighted by Crippen LogP contribution is -2.32. The molecule has 2 aromatic rings. The van der Waals surface area contributed by atoms with Gasteiger partial charge in [-0.15, -0.1) is 0 Å². The number of para-hydroxylation sites is 2. The van der Waals surface area contributed by atoms with Crippen LogP contribution in [0.25, 0.3) is 0 Å². The third kappa shape index (κ3) is 4.22. The molecule has 0 aliphatic heterocycles. The van der Waals surface area contributed by atoms with Crippen molar-refractivity contribution in [1.29, 1.82) is 0 Å². The minimum atomic E-state index is -0.600. The van der Waals surface area contributed by atoms with E-state index in [1.54, 1.807) is 12.1 Å². The molecule has 0 bridgehead atoms. The van der Waals surface area contributed by atoms with Crippen LogP contribution < -0.4 is 10.1 Å². The summed E-state index contributed by atoms with van der Waals surface area (Å²) in [7, 11) is 0. The fourth-order valence-corrected chi connectivity index (χ4v) is 2.36. The van der Waals surface area contributed by atoms with Crippen LogP contribution in [0.15, 0.2) is 53.0 Å². The smallest absolute Gasteiger partial charge is 0.265 e. The maximum absolute atomic E-state index is 12.3. The molecule has 1 unspecified atom stereocenters. The van der Waals surface area contributed by atoms with Gasteiger partial charge in [0.25, 0.3) is 5.91 Å². The Balaban J connectivity index is 2.09. The van der Waals surface area contributed by atoms with Crippen molar-refractivity contribution in [3.63, 3.8) is 0 Å². The number of carbonyl (C=O) groups is 1. The summed E-state index contributed by atoms with van der Waals surface area (Å²) in [4.78, 5) is 12.3. The van der Waals surface area contributed by atoms with E-state index in [9.17, 15) is 4.79 Å².